The summed E-state index contributed by atoms with van der Waals surface area (Å²) in [5.41, 5.74) is 4.38. The first-order chi connectivity index (χ1) is 8.67. The number of aliphatic imine (C=N–C) groups is 1. The minimum Gasteiger partial charge on any atom is -0.385 e. The number of ether oxygens (including phenoxy) is 1. The first-order valence-corrected chi connectivity index (χ1v) is 6.08. The van der Waals surface area contributed by atoms with Crippen molar-refractivity contribution in [2.24, 2.45) is 10.8 Å². The summed E-state index contributed by atoms with van der Waals surface area (Å²) in [5.74, 6) is 5.88. The van der Waals surface area contributed by atoms with Gasteiger partial charge in [0.2, 0.25) is 5.96 Å². The monoisotopic (exact) mass is 270 g/mol. The van der Waals surface area contributed by atoms with Gasteiger partial charge in [-0.3, -0.25) is 10.4 Å². The van der Waals surface area contributed by atoms with Gasteiger partial charge in [0, 0.05) is 20.3 Å². The van der Waals surface area contributed by atoms with Crippen LogP contribution in [0.4, 0.5) is 5.69 Å². The fraction of sp³-hybridized carbons (Fsp3) is 0.417. The number of aryl methyl sites for hydroxylation is 1. The van der Waals surface area contributed by atoms with Crippen LogP contribution < -0.4 is 16.6 Å². The lowest BCUT2D eigenvalue weighted by molar-refractivity contribution is 0.197. The maximum atomic E-state index is 6.11. The highest BCUT2D eigenvalue weighted by Gasteiger charge is 2.02. The quantitative estimate of drug-likeness (QED) is 0.251. The van der Waals surface area contributed by atoms with E-state index in [9.17, 15) is 0 Å². The van der Waals surface area contributed by atoms with Crippen molar-refractivity contribution in [2.45, 2.75) is 13.3 Å². The molecular weight excluding hydrogens is 252 g/mol. The van der Waals surface area contributed by atoms with Crippen molar-refractivity contribution in [3.8, 4) is 0 Å². The molecule has 1 aromatic carbocycles. The van der Waals surface area contributed by atoms with Crippen molar-refractivity contribution in [2.75, 3.05) is 25.6 Å². The Labute approximate surface area is 112 Å². The highest BCUT2D eigenvalue weighted by Crippen LogP contribution is 2.22. The molecule has 0 aliphatic carbocycles. The van der Waals surface area contributed by atoms with Crippen molar-refractivity contribution in [3.63, 3.8) is 0 Å². The van der Waals surface area contributed by atoms with Crippen LogP contribution >= 0.6 is 11.6 Å². The molecule has 18 heavy (non-hydrogen) atoms. The number of nitrogens with two attached hydrogens (primary N) is 1. The van der Waals surface area contributed by atoms with Gasteiger partial charge in [-0.05, 0) is 31.0 Å². The van der Waals surface area contributed by atoms with E-state index in [0.717, 1.165) is 17.7 Å². The average Bonchev–Trinajstić information content (AvgIpc) is 2.35. The highest BCUT2D eigenvalue weighted by atomic mass is 35.5. The third-order valence-electron chi connectivity index (χ3n) is 2.29. The molecule has 0 atom stereocenters. The van der Waals surface area contributed by atoms with E-state index in [1.807, 2.05) is 25.1 Å². The van der Waals surface area contributed by atoms with E-state index < -0.39 is 0 Å². The maximum Gasteiger partial charge on any atom is 0.210 e. The zero-order valence-electron chi connectivity index (χ0n) is 10.7. The van der Waals surface area contributed by atoms with Gasteiger partial charge in [-0.1, -0.05) is 17.7 Å². The number of hydrazine groups is 1. The Morgan fingerprint density at radius 1 is 1.50 bits per heavy atom. The predicted octanol–water partition coefficient (Wildman–Crippen LogP) is 1.92. The zero-order chi connectivity index (χ0) is 13.4. The molecule has 0 radical (unpaired) electrons. The number of benzene rings is 1. The summed E-state index contributed by atoms with van der Waals surface area (Å²) in [6.07, 6.45) is 0.838. The number of guanidine groups is 1. The van der Waals surface area contributed by atoms with Gasteiger partial charge in [0.25, 0.3) is 0 Å². The van der Waals surface area contributed by atoms with E-state index in [-0.39, 0.29) is 0 Å². The van der Waals surface area contributed by atoms with Crippen LogP contribution in [0, 0.1) is 6.92 Å². The predicted molar refractivity (Wildman–Crippen MR) is 75.9 cm³/mol. The van der Waals surface area contributed by atoms with Gasteiger partial charge in [0.15, 0.2) is 0 Å². The van der Waals surface area contributed by atoms with E-state index in [1.54, 1.807) is 7.11 Å². The molecule has 0 aromatic heterocycles. The molecule has 0 spiro atoms. The minimum atomic E-state index is 0.483. The molecule has 5 nitrogen and oxygen atoms in total. The van der Waals surface area contributed by atoms with Crippen LogP contribution in [0.3, 0.4) is 0 Å². The second-order valence-corrected chi connectivity index (χ2v) is 4.24. The van der Waals surface area contributed by atoms with Gasteiger partial charge >= 0.3 is 0 Å². The Morgan fingerprint density at radius 3 is 2.89 bits per heavy atom. The maximum absolute atomic E-state index is 6.11. The molecular formula is C12H19ClN4O. The lowest BCUT2D eigenvalue weighted by Gasteiger charge is -2.11. The Kier molecular flexibility index (Phi) is 6.49. The summed E-state index contributed by atoms with van der Waals surface area (Å²) in [6.45, 7) is 3.28. The molecule has 100 valence electrons. The molecule has 0 bridgehead atoms. The summed E-state index contributed by atoms with van der Waals surface area (Å²) in [5, 5.41) is 3.68. The molecule has 0 heterocycles. The van der Waals surface area contributed by atoms with E-state index in [0.29, 0.717) is 24.1 Å². The van der Waals surface area contributed by atoms with Crippen LogP contribution in [0.5, 0.6) is 0 Å². The number of hydrogen-bond donors (Lipinski definition) is 3. The smallest absolute Gasteiger partial charge is 0.210 e. The van der Waals surface area contributed by atoms with Crippen LogP contribution in [0.25, 0.3) is 0 Å². The van der Waals surface area contributed by atoms with Crippen LogP contribution in [-0.2, 0) is 4.74 Å². The number of nitrogens with zero attached hydrogens (tertiary/aromatic N) is 1. The fourth-order valence-electron chi connectivity index (χ4n) is 1.37. The molecule has 0 amide bonds. The number of halogens is 1. The average molecular weight is 271 g/mol. The van der Waals surface area contributed by atoms with Gasteiger partial charge in [-0.15, -0.1) is 0 Å². The fourth-order valence-corrected chi connectivity index (χ4v) is 1.65. The van der Waals surface area contributed by atoms with Gasteiger partial charge in [-0.25, -0.2) is 5.84 Å². The second-order valence-electron chi connectivity index (χ2n) is 3.83. The second kappa shape index (κ2) is 7.92. The van der Waals surface area contributed by atoms with E-state index >= 15 is 0 Å². The molecule has 4 N–H and O–H groups in total. The molecule has 1 rings (SSSR count). The van der Waals surface area contributed by atoms with Gasteiger partial charge in [0.1, 0.15) is 0 Å². The first-order valence-electron chi connectivity index (χ1n) is 5.70. The lowest BCUT2D eigenvalue weighted by atomic mass is 10.2. The molecule has 0 aliphatic rings. The number of anilines is 1. The topological polar surface area (TPSA) is 71.7 Å². The zero-order valence-corrected chi connectivity index (χ0v) is 11.4. The van der Waals surface area contributed by atoms with Crippen LogP contribution in [0.1, 0.15) is 12.0 Å². The molecule has 0 unspecified atom stereocenters. The summed E-state index contributed by atoms with van der Waals surface area (Å²) < 4.78 is 4.95. The van der Waals surface area contributed by atoms with Crippen LogP contribution in [0.15, 0.2) is 23.2 Å². The largest absolute Gasteiger partial charge is 0.385 e. The molecule has 0 saturated heterocycles. The van der Waals surface area contributed by atoms with Crippen molar-refractivity contribution in [3.05, 3.63) is 28.8 Å². The minimum absolute atomic E-state index is 0.483. The summed E-state index contributed by atoms with van der Waals surface area (Å²) in [4.78, 5) is 4.27. The third-order valence-corrected chi connectivity index (χ3v) is 2.60. The summed E-state index contributed by atoms with van der Waals surface area (Å²) in [7, 11) is 1.66. The molecule has 0 fully saturated rings. The van der Waals surface area contributed by atoms with E-state index in [4.69, 9.17) is 22.2 Å². The van der Waals surface area contributed by atoms with Crippen molar-refractivity contribution in [1.82, 2.24) is 5.43 Å². The lowest BCUT2D eigenvalue weighted by Crippen LogP contribution is -2.36. The Bertz CT molecular complexity index is 409. The molecule has 0 aliphatic heterocycles. The Morgan fingerprint density at radius 2 is 2.28 bits per heavy atom. The Balaban J connectivity index is 2.61. The summed E-state index contributed by atoms with van der Waals surface area (Å²) >= 11 is 6.11. The normalized spacial score (nSPS) is 11.4. The van der Waals surface area contributed by atoms with Gasteiger partial charge in [0.05, 0.1) is 10.7 Å². The standard InChI is InChI=1S/C12H19ClN4O/c1-9-4-5-11(10(13)8-9)16-12(17-14)15-6-3-7-18-2/h4-5,8H,3,6-7,14H2,1-2H3,(H2,15,16,17). The number of rotatable bonds is 5. The van der Waals surface area contributed by atoms with Crippen LogP contribution in [0.2, 0.25) is 5.02 Å². The number of nitrogens with one attached hydrogen (secondary N) is 2. The Hall–Kier alpha value is -1.30. The van der Waals surface area contributed by atoms with Crippen molar-refractivity contribution < 1.29 is 4.74 Å². The molecule has 6 heteroatoms. The van der Waals surface area contributed by atoms with E-state index in [1.165, 1.54) is 0 Å². The highest BCUT2D eigenvalue weighted by molar-refractivity contribution is 6.33. The van der Waals surface area contributed by atoms with E-state index in [2.05, 4.69) is 15.7 Å². The van der Waals surface area contributed by atoms with Gasteiger partial charge in [-0.2, -0.15) is 0 Å². The molecule has 1 aromatic rings. The first kappa shape index (κ1) is 14.8. The van der Waals surface area contributed by atoms with Crippen LogP contribution in [-0.4, -0.2) is 26.2 Å². The SMILES string of the molecule is COCCCN=C(NN)Nc1ccc(C)cc1Cl. The van der Waals surface area contributed by atoms with Crippen molar-refractivity contribution in [1.29, 1.82) is 0 Å². The van der Waals surface area contributed by atoms with Crippen molar-refractivity contribution >= 4 is 23.2 Å². The third kappa shape index (κ3) is 4.91. The number of methoxy groups -OCH3 is 1. The summed E-state index contributed by atoms with van der Waals surface area (Å²) in [6, 6.07) is 5.73. The molecule has 0 saturated carbocycles. The number of hydrogen-bond acceptors (Lipinski definition) is 3. The van der Waals surface area contributed by atoms with Gasteiger partial charge < -0.3 is 10.1 Å².